The minimum Gasteiger partial charge on any atom is -0.322 e. The van der Waals surface area contributed by atoms with E-state index in [0.29, 0.717) is 5.69 Å². The Bertz CT molecular complexity index is 981. The number of hydrogen-bond acceptors (Lipinski definition) is 5. The summed E-state index contributed by atoms with van der Waals surface area (Å²) in [6.07, 6.45) is 5.18. The molecular formula is C16H14ClFN6O3. The molecule has 11 heteroatoms. The predicted octanol–water partition coefficient (Wildman–Crippen LogP) is 3.03. The number of nitrogens with one attached hydrogen (secondary N) is 1. The Morgan fingerprint density at radius 1 is 1.37 bits per heavy atom. The van der Waals surface area contributed by atoms with Gasteiger partial charge in [-0.3, -0.25) is 24.3 Å². The van der Waals surface area contributed by atoms with Crippen LogP contribution in [-0.2, 0) is 11.3 Å². The van der Waals surface area contributed by atoms with Crippen LogP contribution in [0.15, 0.2) is 43.0 Å². The second-order valence-corrected chi connectivity index (χ2v) is 6.13. The van der Waals surface area contributed by atoms with Gasteiger partial charge in [-0.15, -0.1) is 0 Å². The van der Waals surface area contributed by atoms with Gasteiger partial charge >= 0.3 is 5.69 Å². The average Bonchev–Trinajstić information content (AvgIpc) is 3.27. The topological polar surface area (TPSA) is 108 Å². The van der Waals surface area contributed by atoms with Crippen LogP contribution in [0.4, 0.5) is 15.8 Å². The van der Waals surface area contributed by atoms with Crippen molar-refractivity contribution in [3.8, 4) is 0 Å². The first-order valence-corrected chi connectivity index (χ1v) is 8.17. The maximum atomic E-state index is 13.9. The van der Waals surface area contributed by atoms with Gasteiger partial charge in [0.25, 0.3) is 0 Å². The zero-order valence-corrected chi connectivity index (χ0v) is 14.8. The van der Waals surface area contributed by atoms with Gasteiger partial charge in [0.15, 0.2) is 0 Å². The lowest BCUT2D eigenvalue weighted by atomic mass is 10.2. The van der Waals surface area contributed by atoms with Gasteiger partial charge in [0.2, 0.25) is 5.91 Å². The summed E-state index contributed by atoms with van der Waals surface area (Å²) in [4.78, 5) is 22.4. The van der Waals surface area contributed by atoms with E-state index < -0.39 is 22.7 Å². The van der Waals surface area contributed by atoms with Gasteiger partial charge in [-0.05, 0) is 19.1 Å². The molecule has 0 unspecified atom stereocenters. The van der Waals surface area contributed by atoms with Crippen LogP contribution >= 0.6 is 11.6 Å². The molecule has 9 nitrogen and oxygen atoms in total. The zero-order valence-electron chi connectivity index (χ0n) is 14.0. The van der Waals surface area contributed by atoms with Crippen LogP contribution < -0.4 is 5.32 Å². The Balaban J connectivity index is 1.67. The molecule has 0 bridgehead atoms. The van der Waals surface area contributed by atoms with Crippen LogP contribution in [0.1, 0.15) is 18.5 Å². The lowest BCUT2D eigenvalue weighted by Crippen LogP contribution is -2.23. The summed E-state index contributed by atoms with van der Waals surface area (Å²) in [6.45, 7) is 1.65. The molecular weight excluding hydrogens is 379 g/mol. The van der Waals surface area contributed by atoms with Crippen LogP contribution in [0.3, 0.4) is 0 Å². The number of nitro groups is 1. The Hall–Kier alpha value is -3.27. The van der Waals surface area contributed by atoms with Crippen molar-refractivity contribution in [2.45, 2.75) is 19.5 Å². The Kier molecular flexibility index (Phi) is 5.17. The number of rotatable bonds is 6. The minimum absolute atomic E-state index is 0.0995. The van der Waals surface area contributed by atoms with Gasteiger partial charge in [0, 0.05) is 16.8 Å². The quantitative estimate of drug-likeness (QED) is 0.512. The van der Waals surface area contributed by atoms with E-state index in [9.17, 15) is 19.3 Å². The van der Waals surface area contributed by atoms with E-state index in [4.69, 9.17) is 11.6 Å². The van der Waals surface area contributed by atoms with Crippen molar-refractivity contribution in [3.05, 3.63) is 69.5 Å². The van der Waals surface area contributed by atoms with Crippen molar-refractivity contribution in [3.63, 3.8) is 0 Å². The molecule has 1 N–H and O–H groups in total. The van der Waals surface area contributed by atoms with Crippen molar-refractivity contribution in [1.82, 2.24) is 19.6 Å². The molecule has 1 atom stereocenters. The van der Waals surface area contributed by atoms with Crippen molar-refractivity contribution in [1.29, 1.82) is 0 Å². The van der Waals surface area contributed by atoms with Gasteiger partial charge in [0.05, 0.1) is 23.4 Å². The normalized spacial score (nSPS) is 12.0. The largest absolute Gasteiger partial charge is 0.322 e. The monoisotopic (exact) mass is 392 g/mol. The summed E-state index contributed by atoms with van der Waals surface area (Å²) in [5.74, 6) is -0.881. The van der Waals surface area contributed by atoms with E-state index in [1.807, 2.05) is 0 Å². The smallest absolute Gasteiger partial charge is 0.307 e. The molecule has 3 aromatic rings. The number of benzene rings is 1. The van der Waals surface area contributed by atoms with E-state index >= 15 is 0 Å². The molecule has 0 saturated carbocycles. The highest BCUT2D eigenvalue weighted by Gasteiger charge is 2.19. The zero-order chi connectivity index (χ0) is 19.6. The lowest BCUT2D eigenvalue weighted by Gasteiger charge is -2.11. The molecule has 140 valence electrons. The van der Waals surface area contributed by atoms with E-state index in [0.717, 1.165) is 6.20 Å². The van der Waals surface area contributed by atoms with Gasteiger partial charge < -0.3 is 5.32 Å². The summed E-state index contributed by atoms with van der Waals surface area (Å²) in [5.41, 5.74) is 0.475. The highest BCUT2D eigenvalue weighted by molar-refractivity contribution is 6.31. The fraction of sp³-hybridized carbons (Fsp3) is 0.188. The number of nitrogens with zero attached hydrogens (tertiary/aromatic N) is 5. The molecule has 0 saturated heterocycles. The minimum atomic E-state index is -0.775. The summed E-state index contributed by atoms with van der Waals surface area (Å²) in [7, 11) is 0. The molecule has 27 heavy (non-hydrogen) atoms. The number of aromatic nitrogens is 4. The molecule has 2 aromatic heterocycles. The van der Waals surface area contributed by atoms with Gasteiger partial charge in [-0.1, -0.05) is 17.7 Å². The Labute approximate surface area is 157 Å². The molecule has 2 heterocycles. The van der Waals surface area contributed by atoms with Crippen molar-refractivity contribution in [2.75, 3.05) is 5.32 Å². The first-order chi connectivity index (χ1) is 12.8. The second-order valence-electron chi connectivity index (χ2n) is 5.73. The molecule has 0 spiro atoms. The standard InChI is InChI=1S/C16H14ClFN6O3/c1-10(23-8-12(6-20-23)24(26)27)16(25)21-11-5-19-22(7-11)9-13-14(17)3-2-4-15(13)18/h2-8,10H,9H2,1H3,(H,21,25)/t10-/m1/s1. The molecule has 0 radical (unpaired) electrons. The maximum absolute atomic E-state index is 13.9. The predicted molar refractivity (Wildman–Crippen MR) is 95.0 cm³/mol. The number of anilines is 1. The second kappa shape index (κ2) is 7.54. The molecule has 0 aliphatic carbocycles. The molecule has 0 aliphatic heterocycles. The van der Waals surface area contributed by atoms with E-state index in [1.165, 1.54) is 40.1 Å². The summed E-state index contributed by atoms with van der Waals surface area (Å²) in [5, 5.41) is 21.5. The van der Waals surface area contributed by atoms with Crippen molar-refractivity contribution < 1.29 is 14.1 Å². The summed E-state index contributed by atoms with van der Waals surface area (Å²) < 4.78 is 16.5. The fourth-order valence-corrected chi connectivity index (χ4v) is 2.58. The molecule has 3 rings (SSSR count). The number of hydrogen-bond donors (Lipinski definition) is 1. The van der Waals surface area contributed by atoms with Crippen LogP contribution in [0, 0.1) is 15.9 Å². The van der Waals surface area contributed by atoms with Crippen molar-refractivity contribution >= 4 is 28.9 Å². The van der Waals surface area contributed by atoms with Crippen molar-refractivity contribution in [2.24, 2.45) is 0 Å². The number of halogens is 2. The lowest BCUT2D eigenvalue weighted by molar-refractivity contribution is -0.385. The third-order valence-electron chi connectivity index (χ3n) is 3.86. The van der Waals surface area contributed by atoms with Crippen LogP contribution in [0.2, 0.25) is 5.02 Å². The molecule has 0 fully saturated rings. The number of amides is 1. The van der Waals surface area contributed by atoms with Gasteiger partial charge in [0.1, 0.15) is 24.3 Å². The average molecular weight is 393 g/mol. The molecule has 0 aliphatic rings. The van der Waals surface area contributed by atoms with Gasteiger partial charge in [-0.2, -0.15) is 10.2 Å². The SMILES string of the molecule is C[C@H](C(=O)Nc1cnn(Cc2c(F)cccc2Cl)c1)n1cc([N+](=O)[O-])cn1. The fourth-order valence-electron chi connectivity index (χ4n) is 2.36. The Morgan fingerprint density at radius 3 is 2.81 bits per heavy atom. The number of carbonyl (C=O) groups is 1. The summed E-state index contributed by atoms with van der Waals surface area (Å²) >= 11 is 6.00. The van der Waals surface area contributed by atoms with Gasteiger partial charge in [-0.25, -0.2) is 4.39 Å². The van der Waals surface area contributed by atoms with E-state index in [2.05, 4.69) is 15.5 Å². The van der Waals surface area contributed by atoms with Crippen LogP contribution in [0.5, 0.6) is 0 Å². The number of carbonyl (C=O) groups excluding carboxylic acids is 1. The maximum Gasteiger partial charge on any atom is 0.307 e. The van der Waals surface area contributed by atoms with E-state index in [-0.39, 0.29) is 22.8 Å². The molecule has 1 aromatic carbocycles. The first-order valence-electron chi connectivity index (χ1n) is 7.80. The summed E-state index contributed by atoms with van der Waals surface area (Å²) in [6, 6.07) is 3.62. The van der Waals surface area contributed by atoms with E-state index in [1.54, 1.807) is 13.0 Å². The Morgan fingerprint density at radius 2 is 2.15 bits per heavy atom. The molecule has 1 amide bonds. The third kappa shape index (κ3) is 4.11. The van der Waals surface area contributed by atoms with Crippen LogP contribution in [-0.4, -0.2) is 30.4 Å². The first kappa shape index (κ1) is 18.5. The highest BCUT2D eigenvalue weighted by atomic mass is 35.5. The van der Waals surface area contributed by atoms with Crippen LogP contribution in [0.25, 0.3) is 0 Å². The third-order valence-corrected chi connectivity index (χ3v) is 4.21. The highest BCUT2D eigenvalue weighted by Crippen LogP contribution is 2.21.